The van der Waals surface area contributed by atoms with Crippen molar-refractivity contribution in [2.24, 2.45) is 0 Å². The lowest BCUT2D eigenvalue weighted by Gasteiger charge is -2.14. The van der Waals surface area contributed by atoms with Gasteiger partial charge in [-0.15, -0.1) is 0 Å². The third-order valence-corrected chi connectivity index (χ3v) is 2.93. The maximum Gasteiger partial charge on any atom is 0.0718 e. The number of rotatable bonds is 6. The summed E-state index contributed by atoms with van der Waals surface area (Å²) >= 11 is 0. The average molecular weight is 233 g/mol. The summed E-state index contributed by atoms with van der Waals surface area (Å²) in [6, 6.07) is 8.78. The molecule has 1 rings (SSSR count). The van der Waals surface area contributed by atoms with Gasteiger partial charge in [0.25, 0.3) is 0 Å². The van der Waals surface area contributed by atoms with Gasteiger partial charge in [0, 0.05) is 13.2 Å². The molecule has 0 aliphatic carbocycles. The van der Waals surface area contributed by atoms with Gasteiger partial charge in [-0.3, -0.25) is 0 Å². The lowest BCUT2D eigenvalue weighted by Crippen LogP contribution is -2.26. The van der Waals surface area contributed by atoms with Crippen molar-refractivity contribution in [2.45, 2.75) is 33.4 Å². The molecule has 0 amide bonds. The molecule has 94 valence electrons. The second-order valence-corrected chi connectivity index (χ2v) is 4.30. The first-order chi connectivity index (χ1) is 8.19. The van der Waals surface area contributed by atoms with Gasteiger partial charge in [0.15, 0.2) is 0 Å². The number of likely N-dealkylation sites (N-methyl/N-ethyl adjacent to an activating group) is 1. The minimum atomic E-state index is 0.413. The lowest BCUT2D eigenvalue weighted by atomic mass is 10.0. The summed E-state index contributed by atoms with van der Waals surface area (Å²) in [5.74, 6) is 0. The van der Waals surface area contributed by atoms with Crippen molar-refractivity contribution in [1.29, 1.82) is 0 Å². The number of hydrogen-bond acceptors (Lipinski definition) is 2. The number of benzene rings is 1. The second kappa shape index (κ2) is 7.25. The van der Waals surface area contributed by atoms with Crippen LogP contribution in [-0.4, -0.2) is 19.7 Å². The number of methoxy groups -OCH3 is 1. The van der Waals surface area contributed by atoms with E-state index in [1.165, 1.54) is 16.7 Å². The zero-order chi connectivity index (χ0) is 12.7. The van der Waals surface area contributed by atoms with Crippen LogP contribution in [0.15, 0.2) is 29.8 Å². The van der Waals surface area contributed by atoms with E-state index in [1.807, 2.05) is 0 Å². The summed E-state index contributed by atoms with van der Waals surface area (Å²) in [5.41, 5.74) is 3.82. The molecule has 1 aromatic rings. The standard InChI is InChI=1S/C15H23NO/c1-5-16-13(3)12(2)10-14-8-6-7-9-15(14)11-17-4/h6-10,13,16H,5,11H2,1-4H3/b12-10+. The van der Waals surface area contributed by atoms with Gasteiger partial charge in [-0.2, -0.15) is 0 Å². The molecule has 0 saturated carbocycles. The minimum absolute atomic E-state index is 0.413. The molecule has 0 aromatic heterocycles. The molecular weight excluding hydrogens is 210 g/mol. The molecule has 0 spiro atoms. The molecule has 0 radical (unpaired) electrons. The molecular formula is C15H23NO. The van der Waals surface area contributed by atoms with Gasteiger partial charge in [0.1, 0.15) is 0 Å². The van der Waals surface area contributed by atoms with Gasteiger partial charge in [-0.05, 0) is 31.5 Å². The van der Waals surface area contributed by atoms with E-state index in [0.29, 0.717) is 12.6 Å². The molecule has 1 atom stereocenters. The molecule has 0 fully saturated rings. The van der Waals surface area contributed by atoms with Crippen molar-refractivity contribution in [1.82, 2.24) is 5.32 Å². The van der Waals surface area contributed by atoms with Gasteiger partial charge in [-0.25, -0.2) is 0 Å². The van der Waals surface area contributed by atoms with E-state index in [1.54, 1.807) is 7.11 Å². The first-order valence-corrected chi connectivity index (χ1v) is 6.17. The van der Waals surface area contributed by atoms with Crippen molar-refractivity contribution in [2.75, 3.05) is 13.7 Å². The van der Waals surface area contributed by atoms with Crippen molar-refractivity contribution in [3.8, 4) is 0 Å². The predicted molar refractivity (Wildman–Crippen MR) is 73.9 cm³/mol. The molecule has 0 saturated heterocycles. The van der Waals surface area contributed by atoms with Crippen LogP contribution in [0.25, 0.3) is 6.08 Å². The fourth-order valence-corrected chi connectivity index (χ4v) is 1.80. The summed E-state index contributed by atoms with van der Waals surface area (Å²) < 4.78 is 5.21. The Morgan fingerprint density at radius 3 is 2.76 bits per heavy atom. The zero-order valence-electron chi connectivity index (χ0n) is 11.3. The predicted octanol–water partition coefficient (Wildman–Crippen LogP) is 3.23. The highest BCUT2D eigenvalue weighted by Gasteiger charge is 2.04. The average Bonchev–Trinajstić information content (AvgIpc) is 2.32. The first kappa shape index (κ1) is 13.9. The molecule has 0 bridgehead atoms. The lowest BCUT2D eigenvalue weighted by molar-refractivity contribution is 0.184. The third kappa shape index (κ3) is 4.33. The molecule has 0 heterocycles. The molecule has 2 heteroatoms. The van der Waals surface area contributed by atoms with E-state index in [-0.39, 0.29) is 0 Å². The van der Waals surface area contributed by atoms with Crippen LogP contribution in [0.3, 0.4) is 0 Å². The Balaban J connectivity index is 2.88. The number of nitrogens with one attached hydrogen (secondary N) is 1. The maximum absolute atomic E-state index is 5.21. The topological polar surface area (TPSA) is 21.3 Å². The Morgan fingerprint density at radius 2 is 2.12 bits per heavy atom. The Kier molecular flexibility index (Phi) is 5.95. The summed E-state index contributed by atoms with van der Waals surface area (Å²) in [6.07, 6.45) is 2.24. The van der Waals surface area contributed by atoms with E-state index in [9.17, 15) is 0 Å². The fraction of sp³-hybridized carbons (Fsp3) is 0.467. The van der Waals surface area contributed by atoms with E-state index in [0.717, 1.165) is 6.54 Å². The Hall–Kier alpha value is -1.12. The normalized spacial score (nSPS) is 13.8. The van der Waals surface area contributed by atoms with Crippen LogP contribution in [0.5, 0.6) is 0 Å². The molecule has 0 aliphatic rings. The number of ether oxygens (including phenoxy) is 1. The first-order valence-electron chi connectivity index (χ1n) is 6.17. The van der Waals surface area contributed by atoms with Crippen molar-refractivity contribution in [3.05, 3.63) is 41.0 Å². The Labute approximate surface area is 105 Å². The highest BCUT2D eigenvalue weighted by Crippen LogP contribution is 2.15. The van der Waals surface area contributed by atoms with Gasteiger partial charge >= 0.3 is 0 Å². The molecule has 0 aliphatic heterocycles. The van der Waals surface area contributed by atoms with Crippen molar-refractivity contribution < 1.29 is 4.74 Å². The van der Waals surface area contributed by atoms with Crippen LogP contribution < -0.4 is 5.32 Å². The van der Waals surface area contributed by atoms with Crippen LogP contribution in [0.2, 0.25) is 0 Å². The smallest absolute Gasteiger partial charge is 0.0718 e. The van der Waals surface area contributed by atoms with E-state index in [2.05, 4.69) is 56.4 Å². The van der Waals surface area contributed by atoms with E-state index < -0.39 is 0 Å². The van der Waals surface area contributed by atoms with Gasteiger partial charge in [-0.1, -0.05) is 42.8 Å². The highest BCUT2D eigenvalue weighted by atomic mass is 16.5. The summed E-state index contributed by atoms with van der Waals surface area (Å²) in [4.78, 5) is 0. The highest BCUT2D eigenvalue weighted by molar-refractivity contribution is 5.57. The second-order valence-electron chi connectivity index (χ2n) is 4.30. The summed E-state index contributed by atoms with van der Waals surface area (Å²) in [5, 5.41) is 3.42. The van der Waals surface area contributed by atoms with Crippen LogP contribution >= 0.6 is 0 Å². The van der Waals surface area contributed by atoms with Crippen LogP contribution in [0, 0.1) is 0 Å². The molecule has 2 nitrogen and oxygen atoms in total. The van der Waals surface area contributed by atoms with Gasteiger partial charge < -0.3 is 10.1 Å². The van der Waals surface area contributed by atoms with E-state index >= 15 is 0 Å². The summed E-state index contributed by atoms with van der Waals surface area (Å²) in [6.45, 7) is 8.13. The quantitative estimate of drug-likeness (QED) is 0.814. The zero-order valence-corrected chi connectivity index (χ0v) is 11.3. The van der Waals surface area contributed by atoms with Crippen molar-refractivity contribution >= 4 is 6.08 Å². The van der Waals surface area contributed by atoms with E-state index in [4.69, 9.17) is 4.74 Å². The van der Waals surface area contributed by atoms with Gasteiger partial charge in [0.2, 0.25) is 0 Å². The Bertz CT molecular complexity index is 371. The molecule has 1 unspecified atom stereocenters. The van der Waals surface area contributed by atoms with Crippen LogP contribution in [-0.2, 0) is 11.3 Å². The largest absolute Gasteiger partial charge is 0.380 e. The summed E-state index contributed by atoms with van der Waals surface area (Å²) in [7, 11) is 1.73. The minimum Gasteiger partial charge on any atom is -0.380 e. The third-order valence-electron chi connectivity index (χ3n) is 2.93. The molecule has 17 heavy (non-hydrogen) atoms. The Morgan fingerprint density at radius 1 is 1.41 bits per heavy atom. The van der Waals surface area contributed by atoms with Gasteiger partial charge in [0.05, 0.1) is 6.61 Å². The molecule has 1 aromatic carbocycles. The monoisotopic (exact) mass is 233 g/mol. The SMILES string of the molecule is CCNC(C)/C(C)=C/c1ccccc1COC. The molecule has 1 N–H and O–H groups in total. The van der Waals surface area contributed by atoms with Crippen LogP contribution in [0.4, 0.5) is 0 Å². The maximum atomic E-state index is 5.21. The van der Waals surface area contributed by atoms with Crippen LogP contribution in [0.1, 0.15) is 31.9 Å². The fourth-order valence-electron chi connectivity index (χ4n) is 1.80. The van der Waals surface area contributed by atoms with Crippen molar-refractivity contribution in [3.63, 3.8) is 0 Å². The number of hydrogen-bond donors (Lipinski definition) is 1.